The summed E-state index contributed by atoms with van der Waals surface area (Å²) in [5.41, 5.74) is -8.76. The second kappa shape index (κ2) is 13.0. The molecule has 0 amide bonds. The SMILES string of the molecule is Cc1cc2[nH]c1=C(c1c(F)c(F)c(F)c(F)c1F)c1ccc([nH]1)C(c1c(F)c(F)c(F)c(F)c1F)=c1ccc([nH]1)=C(c1c(F)c(F)c(F)c(F)c1F)C1=CCC=2N1. The van der Waals surface area contributed by atoms with E-state index in [0.29, 0.717) is 0 Å². The molecular formula is C38H15F15N4. The van der Waals surface area contributed by atoms with Crippen molar-refractivity contribution in [1.82, 2.24) is 20.3 Å². The Balaban J connectivity index is 1.60. The molecule has 3 aromatic carbocycles. The Bertz CT molecular complexity index is 3010. The third kappa shape index (κ3) is 5.34. The number of allylic oxidation sites excluding steroid dienone is 1. The molecule has 0 spiro atoms. The first-order valence-corrected chi connectivity index (χ1v) is 16.0. The number of aryl methyl sites for hydroxylation is 1. The van der Waals surface area contributed by atoms with Gasteiger partial charge in [0.25, 0.3) is 0 Å². The normalized spacial score (nSPS) is 14.0. The number of hydrogen-bond donors (Lipinski definition) is 4. The van der Waals surface area contributed by atoms with E-state index in [1.165, 1.54) is 19.1 Å². The summed E-state index contributed by atoms with van der Waals surface area (Å²) in [4.78, 5) is 7.70. The van der Waals surface area contributed by atoms with Crippen LogP contribution in [0.3, 0.4) is 0 Å². The van der Waals surface area contributed by atoms with Crippen LogP contribution in [0.25, 0.3) is 22.4 Å². The van der Waals surface area contributed by atoms with E-state index >= 15 is 26.3 Å². The van der Waals surface area contributed by atoms with Crippen LogP contribution in [-0.2, 0) is 0 Å². The molecule has 8 rings (SSSR count). The van der Waals surface area contributed by atoms with Gasteiger partial charge < -0.3 is 20.3 Å². The van der Waals surface area contributed by atoms with Crippen molar-refractivity contribution in [2.45, 2.75) is 13.3 Å². The Morgan fingerprint density at radius 3 is 1.26 bits per heavy atom. The number of fused-ring (bicyclic) bond motifs is 8. The molecule has 8 bridgehead atoms. The van der Waals surface area contributed by atoms with Crippen molar-refractivity contribution in [3.63, 3.8) is 0 Å². The van der Waals surface area contributed by atoms with Crippen LogP contribution in [0.2, 0.25) is 0 Å². The predicted octanol–water partition coefficient (Wildman–Crippen LogP) is 6.76. The number of nitrogens with one attached hydrogen (secondary N) is 4. The molecule has 0 saturated heterocycles. The Labute approximate surface area is 306 Å². The van der Waals surface area contributed by atoms with Crippen LogP contribution in [0.5, 0.6) is 0 Å². The minimum absolute atomic E-state index is 0.00867. The van der Waals surface area contributed by atoms with Crippen LogP contribution in [0.15, 0.2) is 42.1 Å². The van der Waals surface area contributed by atoms with Gasteiger partial charge in [0.2, 0.25) is 17.5 Å². The lowest BCUT2D eigenvalue weighted by atomic mass is 9.99. The number of rotatable bonds is 3. The average Bonchev–Trinajstić information content (AvgIpc) is 4.03. The van der Waals surface area contributed by atoms with Crippen molar-refractivity contribution >= 4 is 22.4 Å². The first kappa shape index (κ1) is 37.4. The van der Waals surface area contributed by atoms with Crippen molar-refractivity contribution in [2.24, 2.45) is 0 Å². The summed E-state index contributed by atoms with van der Waals surface area (Å²) in [7, 11) is 0. The number of halogens is 15. The maximum atomic E-state index is 15.6. The van der Waals surface area contributed by atoms with Crippen LogP contribution in [0, 0.1) is 94.2 Å². The Morgan fingerprint density at radius 2 is 0.789 bits per heavy atom. The lowest BCUT2D eigenvalue weighted by Crippen LogP contribution is -2.25. The predicted molar refractivity (Wildman–Crippen MR) is 169 cm³/mol. The molecule has 4 N–H and O–H groups in total. The molecule has 57 heavy (non-hydrogen) atoms. The lowest BCUT2D eigenvalue weighted by molar-refractivity contribution is 0.376. The zero-order chi connectivity index (χ0) is 41.1. The van der Waals surface area contributed by atoms with Crippen molar-refractivity contribution in [1.29, 1.82) is 0 Å². The van der Waals surface area contributed by atoms with Crippen molar-refractivity contribution in [2.75, 3.05) is 0 Å². The number of hydrogen-bond acceptors (Lipinski definition) is 1. The number of benzene rings is 3. The summed E-state index contributed by atoms with van der Waals surface area (Å²) in [5.74, 6) is -36.2. The minimum Gasteiger partial charge on any atom is -0.357 e. The zero-order valence-corrected chi connectivity index (χ0v) is 27.8. The first-order chi connectivity index (χ1) is 26.9. The summed E-state index contributed by atoms with van der Waals surface area (Å²) in [6.45, 7) is 1.32. The molecule has 292 valence electrons. The highest BCUT2D eigenvalue weighted by atomic mass is 19.2. The van der Waals surface area contributed by atoms with Crippen molar-refractivity contribution in [3.8, 4) is 0 Å². The van der Waals surface area contributed by atoms with Crippen molar-refractivity contribution in [3.05, 3.63) is 184 Å². The molecule has 2 aliphatic rings. The second-order valence-electron chi connectivity index (χ2n) is 12.7. The van der Waals surface area contributed by atoms with Crippen LogP contribution in [-0.4, -0.2) is 15.0 Å². The Kier molecular flexibility index (Phi) is 8.54. The van der Waals surface area contributed by atoms with Gasteiger partial charge in [-0.3, -0.25) is 0 Å². The molecule has 4 nitrogen and oxygen atoms in total. The van der Waals surface area contributed by atoms with Gasteiger partial charge in [-0.05, 0) is 42.8 Å². The molecule has 0 aliphatic carbocycles. The molecule has 19 heteroatoms. The zero-order valence-electron chi connectivity index (χ0n) is 27.8. The van der Waals surface area contributed by atoms with E-state index in [-0.39, 0.29) is 34.1 Å². The monoisotopic (exact) mass is 812 g/mol. The second-order valence-corrected chi connectivity index (χ2v) is 12.7. The van der Waals surface area contributed by atoms with Gasteiger partial charge in [-0.15, -0.1) is 0 Å². The van der Waals surface area contributed by atoms with Gasteiger partial charge in [0.15, 0.2) is 69.8 Å². The van der Waals surface area contributed by atoms with Gasteiger partial charge in [0, 0.05) is 56.6 Å². The summed E-state index contributed by atoms with van der Waals surface area (Å²) in [6.07, 6.45) is 0.970. The van der Waals surface area contributed by atoms with Gasteiger partial charge >= 0.3 is 0 Å². The van der Waals surface area contributed by atoms with E-state index in [2.05, 4.69) is 20.3 Å². The van der Waals surface area contributed by atoms with Crippen molar-refractivity contribution < 1.29 is 65.9 Å². The standard InChI is InChI=1S/C38H15F15N4/c1-9-8-16-10-2-3-11(54-10)17(20-23(39)29(45)35(51)30(46)24(20)40)12-4-5-13(55-12)18(21-25(41)31(47)36(52)32(48)26(21)42)14-6-7-15(56-14)19(38(9)57-16)22-27(43)33(49)37(53)34(50)28(22)44/h3-8,54-57H,2H2,1H3. The number of H-pyrrole nitrogens is 3. The maximum absolute atomic E-state index is 15.6. The molecule has 5 heterocycles. The minimum atomic E-state index is -2.58. The molecule has 0 unspecified atom stereocenters. The van der Waals surface area contributed by atoms with Gasteiger partial charge in [0.05, 0.1) is 27.4 Å². The topological polar surface area (TPSA) is 59.4 Å². The van der Waals surface area contributed by atoms with Gasteiger partial charge in [-0.2, -0.15) is 0 Å². The summed E-state index contributed by atoms with van der Waals surface area (Å²) in [6, 6.07) is 4.87. The van der Waals surface area contributed by atoms with Crippen LogP contribution in [0.1, 0.15) is 40.1 Å². The molecule has 2 aliphatic heterocycles. The fourth-order valence-corrected chi connectivity index (χ4v) is 6.86. The van der Waals surface area contributed by atoms with Gasteiger partial charge in [-0.25, -0.2) is 65.9 Å². The third-order valence-corrected chi connectivity index (χ3v) is 9.48. The molecule has 0 fully saturated rings. The van der Waals surface area contributed by atoms with Gasteiger partial charge in [-0.1, -0.05) is 6.08 Å². The van der Waals surface area contributed by atoms with E-state index < -0.39 is 143 Å². The van der Waals surface area contributed by atoms with E-state index in [9.17, 15) is 39.5 Å². The molecule has 0 radical (unpaired) electrons. The van der Waals surface area contributed by atoms with Crippen LogP contribution >= 0.6 is 0 Å². The fraction of sp³-hybridized carbons (Fsp3) is 0.0526. The molecule has 0 atom stereocenters. The molecule has 6 aromatic rings. The van der Waals surface area contributed by atoms with Crippen LogP contribution in [0.4, 0.5) is 65.9 Å². The third-order valence-electron chi connectivity index (χ3n) is 9.48. The molecule has 0 saturated carbocycles. The molecule has 3 aromatic heterocycles. The first-order valence-electron chi connectivity index (χ1n) is 16.0. The lowest BCUT2D eigenvalue weighted by Gasteiger charge is -2.14. The summed E-state index contributed by atoms with van der Waals surface area (Å²) < 4.78 is 224. The quantitative estimate of drug-likeness (QED) is 0.0893. The maximum Gasteiger partial charge on any atom is 0.200 e. The van der Waals surface area contributed by atoms with E-state index in [1.54, 1.807) is 0 Å². The fourth-order valence-electron chi connectivity index (χ4n) is 6.86. The van der Waals surface area contributed by atoms with Gasteiger partial charge in [0.1, 0.15) is 0 Å². The Hall–Kier alpha value is -6.53. The van der Waals surface area contributed by atoms with E-state index in [0.717, 1.165) is 24.3 Å². The highest BCUT2D eigenvalue weighted by molar-refractivity contribution is 5.85. The summed E-state index contributed by atoms with van der Waals surface area (Å²) >= 11 is 0. The van der Waals surface area contributed by atoms with Crippen LogP contribution < -0.4 is 26.7 Å². The summed E-state index contributed by atoms with van der Waals surface area (Å²) in [5, 5.41) is 1.18. The highest BCUT2D eigenvalue weighted by Gasteiger charge is 2.34. The largest absolute Gasteiger partial charge is 0.357 e. The molecular weight excluding hydrogens is 797 g/mol. The smallest absolute Gasteiger partial charge is 0.200 e. The Morgan fingerprint density at radius 1 is 0.404 bits per heavy atom. The number of aromatic amines is 3. The average molecular weight is 813 g/mol. The number of aromatic nitrogens is 3. The highest BCUT2D eigenvalue weighted by Crippen LogP contribution is 2.36. The van der Waals surface area contributed by atoms with E-state index in [4.69, 9.17) is 0 Å². The van der Waals surface area contributed by atoms with E-state index in [1.807, 2.05) is 0 Å².